The van der Waals surface area contributed by atoms with Crippen molar-refractivity contribution in [2.24, 2.45) is 7.05 Å². The molecule has 0 unspecified atom stereocenters. The van der Waals surface area contributed by atoms with Crippen LogP contribution in [0.4, 0.5) is 0 Å². The average Bonchev–Trinajstić information content (AvgIpc) is 3.08. The molecule has 5 nitrogen and oxygen atoms in total. The summed E-state index contributed by atoms with van der Waals surface area (Å²) >= 11 is 1.33. The molecule has 0 fully saturated rings. The topological polar surface area (TPSA) is 64.0 Å². The van der Waals surface area contributed by atoms with Crippen LogP contribution in [0.2, 0.25) is 0 Å². The minimum Gasteiger partial charge on any atom is -0.349 e. The predicted molar refractivity (Wildman–Crippen MR) is 112 cm³/mol. The third kappa shape index (κ3) is 3.65. The number of carbonyl (C=O) groups is 1. The highest BCUT2D eigenvalue weighted by molar-refractivity contribution is 7.99. The number of hydrogen-bond donors (Lipinski definition) is 1. The first-order chi connectivity index (χ1) is 13.5. The van der Waals surface area contributed by atoms with Gasteiger partial charge in [-0.3, -0.25) is 14.2 Å². The molecule has 2 aliphatic rings. The van der Waals surface area contributed by atoms with Gasteiger partial charge in [0.2, 0.25) is 5.91 Å². The molecule has 6 heteroatoms. The zero-order chi connectivity index (χ0) is 19.7. The van der Waals surface area contributed by atoms with E-state index in [-0.39, 0.29) is 23.3 Å². The third-order valence-electron chi connectivity index (χ3n) is 5.60. The fourth-order valence-corrected chi connectivity index (χ4v) is 4.88. The minimum absolute atomic E-state index is 0.0254. The molecule has 0 spiro atoms. The van der Waals surface area contributed by atoms with Gasteiger partial charge in [0.25, 0.3) is 5.56 Å². The number of thioether (sulfide) groups is 1. The highest BCUT2D eigenvalue weighted by atomic mass is 32.2. The van der Waals surface area contributed by atoms with Crippen LogP contribution in [-0.2, 0) is 18.3 Å². The first-order valence-corrected chi connectivity index (χ1v) is 10.8. The van der Waals surface area contributed by atoms with E-state index < -0.39 is 0 Å². The molecular formula is C22H25N3O2S. The van der Waals surface area contributed by atoms with E-state index in [0.29, 0.717) is 5.16 Å². The van der Waals surface area contributed by atoms with Crippen molar-refractivity contribution < 1.29 is 4.79 Å². The van der Waals surface area contributed by atoms with Crippen LogP contribution in [-0.4, -0.2) is 21.2 Å². The molecule has 1 aromatic heterocycles. The lowest BCUT2D eigenvalue weighted by Crippen LogP contribution is -2.29. The number of amides is 1. The largest absolute Gasteiger partial charge is 0.349 e. The average molecular weight is 396 g/mol. The van der Waals surface area contributed by atoms with E-state index in [1.165, 1.54) is 29.3 Å². The van der Waals surface area contributed by atoms with Crippen molar-refractivity contribution in [3.63, 3.8) is 0 Å². The standard InChI is InChI=1S/C22H25N3O2S/c1-14(15-8-4-3-5-9-15)23-19(26)13-28-22-24-18-12-16-10-6-7-11-17(16)20(18)21(27)25(22)2/h3-5,8-9,14H,6-7,10-13H2,1-2H3,(H,23,26)/t14-/m0/s1. The molecule has 1 atom stereocenters. The molecule has 28 heavy (non-hydrogen) atoms. The fraction of sp³-hybridized carbons (Fsp3) is 0.409. The van der Waals surface area contributed by atoms with E-state index in [9.17, 15) is 9.59 Å². The van der Waals surface area contributed by atoms with Gasteiger partial charge in [0.05, 0.1) is 23.1 Å². The smallest absolute Gasteiger partial charge is 0.261 e. The van der Waals surface area contributed by atoms with Gasteiger partial charge in [-0.1, -0.05) is 47.7 Å². The lowest BCUT2D eigenvalue weighted by atomic mass is 9.92. The summed E-state index contributed by atoms with van der Waals surface area (Å²) in [6, 6.07) is 9.83. The van der Waals surface area contributed by atoms with E-state index in [1.54, 1.807) is 11.6 Å². The van der Waals surface area contributed by atoms with Crippen molar-refractivity contribution in [1.82, 2.24) is 14.9 Å². The Morgan fingerprint density at radius 3 is 2.79 bits per heavy atom. The zero-order valence-electron chi connectivity index (χ0n) is 16.3. The summed E-state index contributed by atoms with van der Waals surface area (Å²) in [5.74, 6) is 0.178. The monoisotopic (exact) mass is 395 g/mol. The van der Waals surface area contributed by atoms with E-state index in [0.717, 1.165) is 42.5 Å². The first-order valence-electron chi connectivity index (χ1n) is 9.83. The van der Waals surface area contributed by atoms with Crippen molar-refractivity contribution >= 4 is 23.2 Å². The molecule has 0 aliphatic heterocycles. The van der Waals surface area contributed by atoms with Gasteiger partial charge in [-0.25, -0.2) is 4.98 Å². The maximum Gasteiger partial charge on any atom is 0.261 e. The van der Waals surface area contributed by atoms with Gasteiger partial charge in [0.1, 0.15) is 0 Å². The van der Waals surface area contributed by atoms with E-state index in [4.69, 9.17) is 4.98 Å². The first kappa shape index (κ1) is 19.0. The highest BCUT2D eigenvalue weighted by Gasteiger charge is 2.29. The fourth-order valence-electron chi connectivity index (χ4n) is 4.09. The van der Waals surface area contributed by atoms with Crippen LogP contribution < -0.4 is 10.9 Å². The lowest BCUT2D eigenvalue weighted by Gasteiger charge is -2.15. The summed E-state index contributed by atoms with van der Waals surface area (Å²) in [7, 11) is 1.75. The molecule has 2 aliphatic carbocycles. The second-order valence-corrected chi connectivity index (χ2v) is 8.48. The van der Waals surface area contributed by atoms with Crippen molar-refractivity contribution in [3.05, 3.63) is 63.1 Å². The van der Waals surface area contributed by atoms with Gasteiger partial charge in [-0.2, -0.15) is 0 Å². The molecular weight excluding hydrogens is 370 g/mol. The number of benzene rings is 1. The summed E-state index contributed by atoms with van der Waals surface area (Å²) in [6.07, 6.45) is 5.22. The molecule has 0 saturated heterocycles. The van der Waals surface area contributed by atoms with Gasteiger partial charge in [-0.15, -0.1) is 0 Å². The highest BCUT2D eigenvalue weighted by Crippen LogP contribution is 2.39. The Labute approximate surface area is 169 Å². The third-order valence-corrected chi connectivity index (χ3v) is 6.63. The minimum atomic E-state index is -0.0616. The van der Waals surface area contributed by atoms with Crippen LogP contribution in [0.25, 0.3) is 5.57 Å². The summed E-state index contributed by atoms with van der Waals surface area (Å²) in [5, 5.41) is 3.63. The van der Waals surface area contributed by atoms with Crippen LogP contribution in [0.1, 0.15) is 55.5 Å². The van der Waals surface area contributed by atoms with Gasteiger partial charge in [-0.05, 0) is 43.7 Å². The number of carbonyl (C=O) groups excluding carboxylic acids is 1. The number of fused-ring (bicyclic) bond motifs is 2. The maximum absolute atomic E-state index is 12.9. The number of nitrogens with zero attached hydrogens (tertiary/aromatic N) is 2. The molecule has 1 aromatic carbocycles. The Bertz CT molecular complexity index is 995. The molecule has 0 radical (unpaired) electrons. The Morgan fingerprint density at radius 2 is 2.00 bits per heavy atom. The summed E-state index contributed by atoms with van der Waals surface area (Å²) in [4.78, 5) is 30.0. The van der Waals surface area contributed by atoms with Gasteiger partial charge in [0, 0.05) is 13.5 Å². The van der Waals surface area contributed by atoms with E-state index in [2.05, 4.69) is 5.32 Å². The Balaban J connectivity index is 1.45. The van der Waals surface area contributed by atoms with Crippen molar-refractivity contribution in [1.29, 1.82) is 0 Å². The van der Waals surface area contributed by atoms with Crippen LogP contribution in [0.15, 0.2) is 45.9 Å². The number of nitrogens with one attached hydrogen (secondary N) is 1. The van der Waals surface area contributed by atoms with Crippen LogP contribution in [0.5, 0.6) is 0 Å². The quantitative estimate of drug-likeness (QED) is 0.620. The van der Waals surface area contributed by atoms with Crippen LogP contribution >= 0.6 is 11.8 Å². The number of aromatic nitrogens is 2. The van der Waals surface area contributed by atoms with Crippen molar-refractivity contribution in [2.75, 3.05) is 5.75 Å². The second-order valence-electron chi connectivity index (χ2n) is 7.53. The lowest BCUT2D eigenvalue weighted by molar-refractivity contribution is -0.119. The number of hydrogen-bond acceptors (Lipinski definition) is 4. The maximum atomic E-state index is 12.9. The summed E-state index contributed by atoms with van der Waals surface area (Å²) < 4.78 is 1.60. The van der Waals surface area contributed by atoms with E-state index >= 15 is 0 Å². The molecule has 0 bridgehead atoms. The zero-order valence-corrected chi connectivity index (χ0v) is 17.1. The van der Waals surface area contributed by atoms with E-state index in [1.807, 2.05) is 37.3 Å². The Hall–Kier alpha value is -2.34. The Kier molecular flexibility index (Phi) is 5.40. The summed E-state index contributed by atoms with van der Waals surface area (Å²) in [6.45, 7) is 1.97. The van der Waals surface area contributed by atoms with Crippen molar-refractivity contribution in [2.45, 2.75) is 50.2 Å². The molecule has 1 N–H and O–H groups in total. The normalized spacial score (nSPS) is 16.5. The van der Waals surface area contributed by atoms with Crippen LogP contribution in [0, 0.1) is 0 Å². The van der Waals surface area contributed by atoms with Crippen LogP contribution in [0.3, 0.4) is 0 Å². The molecule has 1 amide bonds. The number of allylic oxidation sites excluding steroid dienone is 2. The van der Waals surface area contributed by atoms with Crippen molar-refractivity contribution in [3.8, 4) is 0 Å². The molecule has 4 rings (SSSR count). The second kappa shape index (κ2) is 7.95. The SMILES string of the molecule is C[C@H](NC(=O)CSc1nc2c(c(=O)n1C)C1=C(CCCC1)C2)c1ccccc1. The molecule has 146 valence electrons. The van der Waals surface area contributed by atoms with Gasteiger partial charge < -0.3 is 5.32 Å². The van der Waals surface area contributed by atoms with Gasteiger partial charge >= 0.3 is 0 Å². The number of rotatable bonds is 5. The Morgan fingerprint density at radius 1 is 1.25 bits per heavy atom. The molecule has 0 saturated carbocycles. The predicted octanol–water partition coefficient (Wildman–Crippen LogP) is 3.63. The van der Waals surface area contributed by atoms with Gasteiger partial charge in [0.15, 0.2) is 5.16 Å². The molecule has 2 aromatic rings. The summed E-state index contributed by atoms with van der Waals surface area (Å²) in [5.41, 5.74) is 5.44. The molecule has 1 heterocycles.